The smallest absolute Gasteiger partial charge is 0.133 e. The van der Waals surface area contributed by atoms with E-state index in [-0.39, 0.29) is 0 Å². The first kappa shape index (κ1) is 6.36. The molecule has 8 heavy (non-hydrogen) atoms. The Balaban J connectivity index is 2.07. The first-order valence-corrected chi connectivity index (χ1v) is 4.30. The molecule has 0 aliphatic heterocycles. The molecule has 1 fully saturated rings. The van der Waals surface area contributed by atoms with Gasteiger partial charge in [-0.2, -0.15) is 0 Å². The van der Waals surface area contributed by atoms with Gasteiger partial charge in [-0.1, -0.05) is 12.2 Å². The molecule has 0 aromatic heterocycles. The van der Waals surface area contributed by atoms with Gasteiger partial charge >= 0.3 is 0 Å². The summed E-state index contributed by atoms with van der Waals surface area (Å²) in [6.45, 7) is 0. The van der Waals surface area contributed by atoms with Gasteiger partial charge in [-0.25, -0.2) is 0 Å². The molecular formula is C5H9NS2. The van der Waals surface area contributed by atoms with Crippen molar-refractivity contribution >= 4 is 28.3 Å². The molecule has 1 saturated carbocycles. The van der Waals surface area contributed by atoms with Crippen LogP contribution in [0.1, 0.15) is 12.8 Å². The van der Waals surface area contributed by atoms with Crippen LogP contribution in [-0.4, -0.2) is 16.6 Å². The number of thiocarbonyl (C=S) groups is 1. The highest BCUT2D eigenvalue weighted by atomic mass is 32.2. The fraction of sp³-hybridized carbons (Fsp3) is 0.800. The quantitative estimate of drug-likeness (QED) is 0.563. The van der Waals surface area contributed by atoms with Crippen LogP contribution in [0.3, 0.4) is 0 Å². The maximum absolute atomic E-state index is 4.92. The summed E-state index contributed by atoms with van der Waals surface area (Å²) < 4.78 is 0.938. The summed E-state index contributed by atoms with van der Waals surface area (Å²) in [5, 5.41) is 3.20. The minimum atomic E-state index is 0.718. The molecule has 0 bridgehead atoms. The van der Waals surface area contributed by atoms with E-state index in [4.69, 9.17) is 12.2 Å². The number of thioether (sulfide) groups is 1. The molecule has 0 radical (unpaired) electrons. The molecule has 1 N–H and O–H groups in total. The van der Waals surface area contributed by atoms with Gasteiger partial charge in [0.15, 0.2) is 0 Å². The Morgan fingerprint density at radius 1 is 1.75 bits per heavy atom. The van der Waals surface area contributed by atoms with Gasteiger partial charge in [0.05, 0.1) is 0 Å². The number of hydrogen-bond acceptors (Lipinski definition) is 2. The van der Waals surface area contributed by atoms with Crippen molar-refractivity contribution in [1.82, 2.24) is 5.32 Å². The van der Waals surface area contributed by atoms with E-state index in [2.05, 4.69) is 5.32 Å². The summed E-state index contributed by atoms with van der Waals surface area (Å²) in [7, 11) is 0. The Hall–Kier alpha value is 0.240. The Kier molecular flexibility index (Phi) is 2.14. The molecule has 0 heterocycles. The standard InChI is InChI=1S/C5H9NS2/c1-8-5(7)6-4-2-3-4/h4H,2-3H2,1H3,(H,6,7). The monoisotopic (exact) mass is 147 g/mol. The molecule has 0 unspecified atom stereocenters. The van der Waals surface area contributed by atoms with E-state index in [1.165, 1.54) is 12.8 Å². The highest BCUT2D eigenvalue weighted by Gasteiger charge is 2.21. The molecule has 0 saturated heterocycles. The summed E-state index contributed by atoms with van der Waals surface area (Å²) in [6, 6.07) is 0.718. The molecule has 0 aromatic carbocycles. The van der Waals surface area contributed by atoms with Gasteiger partial charge in [0.1, 0.15) is 4.32 Å². The van der Waals surface area contributed by atoms with Crippen molar-refractivity contribution in [1.29, 1.82) is 0 Å². The molecule has 46 valence electrons. The molecule has 1 aliphatic carbocycles. The third-order valence-corrected chi connectivity index (χ3v) is 2.19. The van der Waals surface area contributed by atoms with E-state index in [9.17, 15) is 0 Å². The van der Waals surface area contributed by atoms with Gasteiger partial charge in [0, 0.05) is 6.04 Å². The van der Waals surface area contributed by atoms with Gasteiger partial charge in [-0.3, -0.25) is 0 Å². The zero-order valence-electron chi connectivity index (χ0n) is 4.81. The van der Waals surface area contributed by atoms with Crippen LogP contribution < -0.4 is 5.32 Å². The van der Waals surface area contributed by atoms with Gasteiger partial charge in [0.25, 0.3) is 0 Å². The fourth-order valence-electron chi connectivity index (χ4n) is 0.453. The number of hydrogen-bond donors (Lipinski definition) is 1. The average Bonchev–Trinajstić information content (AvgIpc) is 2.50. The lowest BCUT2D eigenvalue weighted by atomic mass is 10.7. The van der Waals surface area contributed by atoms with Crippen LogP contribution in [0.25, 0.3) is 0 Å². The van der Waals surface area contributed by atoms with E-state index in [0.717, 1.165) is 10.4 Å². The predicted octanol–water partition coefficient (Wildman–Crippen LogP) is 1.39. The molecule has 1 nitrogen and oxygen atoms in total. The zero-order valence-corrected chi connectivity index (χ0v) is 6.44. The van der Waals surface area contributed by atoms with E-state index < -0.39 is 0 Å². The van der Waals surface area contributed by atoms with E-state index in [1.54, 1.807) is 11.8 Å². The van der Waals surface area contributed by atoms with Crippen molar-refractivity contribution in [3.05, 3.63) is 0 Å². The Morgan fingerprint density at radius 3 is 2.75 bits per heavy atom. The van der Waals surface area contributed by atoms with Crippen LogP contribution in [0.15, 0.2) is 0 Å². The minimum absolute atomic E-state index is 0.718. The molecule has 0 aromatic rings. The van der Waals surface area contributed by atoms with Gasteiger partial charge in [-0.15, -0.1) is 11.8 Å². The van der Waals surface area contributed by atoms with Crippen LogP contribution in [0.2, 0.25) is 0 Å². The van der Waals surface area contributed by atoms with E-state index >= 15 is 0 Å². The van der Waals surface area contributed by atoms with Crippen molar-refractivity contribution in [3.8, 4) is 0 Å². The Labute approximate surface area is 59.2 Å². The van der Waals surface area contributed by atoms with Crippen molar-refractivity contribution in [2.24, 2.45) is 0 Å². The fourth-order valence-corrected chi connectivity index (χ4v) is 0.904. The van der Waals surface area contributed by atoms with Crippen LogP contribution >= 0.6 is 24.0 Å². The van der Waals surface area contributed by atoms with Gasteiger partial charge < -0.3 is 5.32 Å². The van der Waals surface area contributed by atoms with E-state index in [0.29, 0.717) is 0 Å². The topological polar surface area (TPSA) is 12.0 Å². The molecule has 1 aliphatic rings. The second-order valence-electron chi connectivity index (χ2n) is 1.91. The Morgan fingerprint density at radius 2 is 2.38 bits per heavy atom. The molecule has 3 heteroatoms. The summed E-state index contributed by atoms with van der Waals surface area (Å²) in [6.07, 6.45) is 4.61. The van der Waals surface area contributed by atoms with Crippen molar-refractivity contribution < 1.29 is 0 Å². The minimum Gasteiger partial charge on any atom is -0.368 e. The molecule has 0 spiro atoms. The third kappa shape index (κ3) is 2.01. The first-order chi connectivity index (χ1) is 3.83. The predicted molar refractivity (Wildman–Crippen MR) is 42.3 cm³/mol. The maximum atomic E-state index is 4.92. The molecular weight excluding hydrogens is 138 g/mol. The van der Waals surface area contributed by atoms with Crippen LogP contribution in [0, 0.1) is 0 Å². The maximum Gasteiger partial charge on any atom is 0.133 e. The van der Waals surface area contributed by atoms with Crippen molar-refractivity contribution in [2.75, 3.05) is 6.26 Å². The lowest BCUT2D eigenvalue weighted by molar-refractivity contribution is 0.933. The third-order valence-electron chi connectivity index (χ3n) is 1.08. The lowest BCUT2D eigenvalue weighted by Gasteiger charge is -1.99. The summed E-state index contributed by atoms with van der Waals surface area (Å²) >= 11 is 6.54. The second-order valence-corrected chi connectivity index (χ2v) is 3.39. The normalized spacial score (nSPS) is 18.1. The van der Waals surface area contributed by atoms with E-state index in [1.807, 2.05) is 6.26 Å². The van der Waals surface area contributed by atoms with Crippen molar-refractivity contribution in [3.63, 3.8) is 0 Å². The number of nitrogens with one attached hydrogen (secondary N) is 1. The van der Waals surface area contributed by atoms with Crippen molar-refractivity contribution in [2.45, 2.75) is 18.9 Å². The average molecular weight is 147 g/mol. The van der Waals surface area contributed by atoms with Crippen LogP contribution in [0.5, 0.6) is 0 Å². The van der Waals surface area contributed by atoms with Gasteiger partial charge in [0.2, 0.25) is 0 Å². The molecule has 0 amide bonds. The largest absolute Gasteiger partial charge is 0.368 e. The number of rotatable bonds is 1. The Bertz CT molecular complexity index is 98.6. The lowest BCUT2D eigenvalue weighted by Crippen LogP contribution is -2.19. The van der Waals surface area contributed by atoms with Crippen LogP contribution in [-0.2, 0) is 0 Å². The SMILES string of the molecule is CSC(=S)NC1CC1. The van der Waals surface area contributed by atoms with Gasteiger partial charge in [-0.05, 0) is 19.1 Å². The van der Waals surface area contributed by atoms with Crippen LogP contribution in [0.4, 0.5) is 0 Å². The molecule has 1 rings (SSSR count). The highest BCUT2D eigenvalue weighted by molar-refractivity contribution is 8.22. The zero-order chi connectivity index (χ0) is 5.98. The highest BCUT2D eigenvalue weighted by Crippen LogP contribution is 2.19. The first-order valence-electron chi connectivity index (χ1n) is 2.67. The summed E-state index contributed by atoms with van der Waals surface area (Å²) in [4.78, 5) is 0. The summed E-state index contributed by atoms with van der Waals surface area (Å²) in [5.41, 5.74) is 0. The second kappa shape index (κ2) is 2.69. The summed E-state index contributed by atoms with van der Waals surface area (Å²) in [5.74, 6) is 0. The molecule has 0 atom stereocenters.